The Kier molecular flexibility index (Phi) is 1.95. The molecule has 1 heteroatoms. The summed E-state index contributed by atoms with van der Waals surface area (Å²) >= 11 is 0. The Morgan fingerprint density at radius 2 is 2.15 bits per heavy atom. The molecular weight excluding hydrogens is 163 g/mol. The molecule has 1 aromatic rings. The standard InChI is InChI=1S/C12H13F/c1-3-9-6-11(13)7-10-5-4-8(2)12(9)10/h6-7H,2-5H2,1H3. The maximum absolute atomic E-state index is 13.1. The van der Waals surface area contributed by atoms with Crippen LogP contribution in [0.15, 0.2) is 18.7 Å². The zero-order chi connectivity index (χ0) is 9.42. The van der Waals surface area contributed by atoms with Crippen molar-refractivity contribution in [1.29, 1.82) is 0 Å². The molecule has 1 aliphatic rings. The molecule has 0 amide bonds. The molecule has 0 saturated heterocycles. The van der Waals surface area contributed by atoms with Crippen molar-refractivity contribution in [2.24, 2.45) is 0 Å². The van der Waals surface area contributed by atoms with E-state index in [0.717, 1.165) is 30.4 Å². The van der Waals surface area contributed by atoms with Crippen LogP contribution in [0.1, 0.15) is 30.0 Å². The summed E-state index contributed by atoms with van der Waals surface area (Å²) < 4.78 is 13.1. The van der Waals surface area contributed by atoms with Crippen LogP contribution in [0.3, 0.4) is 0 Å². The van der Waals surface area contributed by atoms with Crippen molar-refractivity contribution < 1.29 is 4.39 Å². The average Bonchev–Trinajstić information content (AvgIpc) is 2.46. The molecule has 0 aliphatic heterocycles. The van der Waals surface area contributed by atoms with E-state index in [4.69, 9.17) is 0 Å². The van der Waals surface area contributed by atoms with Gasteiger partial charge in [-0.25, -0.2) is 4.39 Å². The number of allylic oxidation sites excluding steroid dienone is 1. The first-order chi connectivity index (χ1) is 6.22. The van der Waals surface area contributed by atoms with Gasteiger partial charge in [0.15, 0.2) is 0 Å². The molecule has 1 aliphatic carbocycles. The minimum atomic E-state index is -0.106. The second kappa shape index (κ2) is 2.99. The SMILES string of the molecule is C=C1CCc2cc(F)cc(CC)c21. The van der Waals surface area contributed by atoms with Gasteiger partial charge in [-0.15, -0.1) is 0 Å². The number of hydrogen-bond donors (Lipinski definition) is 0. The summed E-state index contributed by atoms with van der Waals surface area (Å²) in [6.07, 6.45) is 2.84. The van der Waals surface area contributed by atoms with Crippen LogP contribution in [0, 0.1) is 5.82 Å². The van der Waals surface area contributed by atoms with Crippen LogP contribution >= 0.6 is 0 Å². The number of aryl methyl sites for hydroxylation is 2. The smallest absolute Gasteiger partial charge is 0.123 e. The Balaban J connectivity index is 2.64. The molecule has 0 radical (unpaired) electrons. The van der Waals surface area contributed by atoms with Gasteiger partial charge in [0.2, 0.25) is 0 Å². The minimum absolute atomic E-state index is 0.106. The van der Waals surface area contributed by atoms with Crippen LogP contribution in [0.2, 0.25) is 0 Å². The van der Waals surface area contributed by atoms with Gasteiger partial charge in [-0.3, -0.25) is 0 Å². The van der Waals surface area contributed by atoms with Crippen molar-refractivity contribution >= 4 is 5.57 Å². The van der Waals surface area contributed by atoms with E-state index in [1.807, 2.05) is 0 Å². The third-order valence-corrected chi connectivity index (χ3v) is 2.70. The molecule has 13 heavy (non-hydrogen) atoms. The molecule has 0 N–H and O–H groups in total. The topological polar surface area (TPSA) is 0 Å². The van der Waals surface area contributed by atoms with Crippen molar-refractivity contribution in [2.75, 3.05) is 0 Å². The summed E-state index contributed by atoms with van der Waals surface area (Å²) in [7, 11) is 0. The van der Waals surface area contributed by atoms with Crippen molar-refractivity contribution in [1.82, 2.24) is 0 Å². The van der Waals surface area contributed by atoms with Gasteiger partial charge in [0.1, 0.15) is 5.82 Å². The second-order valence-corrected chi connectivity index (χ2v) is 3.56. The largest absolute Gasteiger partial charge is 0.207 e. The molecule has 0 aromatic heterocycles. The van der Waals surface area contributed by atoms with Crippen LogP contribution < -0.4 is 0 Å². The predicted molar refractivity (Wildman–Crippen MR) is 53.1 cm³/mol. The van der Waals surface area contributed by atoms with Crippen LogP contribution in [0.5, 0.6) is 0 Å². The number of hydrogen-bond acceptors (Lipinski definition) is 0. The van der Waals surface area contributed by atoms with Crippen LogP contribution in [0.4, 0.5) is 4.39 Å². The van der Waals surface area contributed by atoms with Gasteiger partial charge in [0.05, 0.1) is 0 Å². The minimum Gasteiger partial charge on any atom is -0.207 e. The molecule has 0 unspecified atom stereocenters. The number of rotatable bonds is 1. The fourth-order valence-corrected chi connectivity index (χ4v) is 2.07. The lowest BCUT2D eigenvalue weighted by atomic mass is 9.99. The molecule has 0 heterocycles. The Morgan fingerprint density at radius 3 is 2.85 bits per heavy atom. The predicted octanol–water partition coefficient (Wildman–Crippen LogP) is 3.35. The van der Waals surface area contributed by atoms with E-state index in [1.54, 1.807) is 12.1 Å². The van der Waals surface area contributed by atoms with E-state index in [9.17, 15) is 4.39 Å². The molecule has 0 atom stereocenters. The fourth-order valence-electron chi connectivity index (χ4n) is 2.07. The zero-order valence-electron chi connectivity index (χ0n) is 7.86. The first-order valence-electron chi connectivity index (χ1n) is 4.72. The quantitative estimate of drug-likeness (QED) is 0.615. The number of benzene rings is 1. The Morgan fingerprint density at radius 1 is 1.38 bits per heavy atom. The van der Waals surface area contributed by atoms with Crippen molar-refractivity contribution in [3.63, 3.8) is 0 Å². The average molecular weight is 176 g/mol. The van der Waals surface area contributed by atoms with Crippen molar-refractivity contribution in [3.8, 4) is 0 Å². The molecule has 0 spiro atoms. The lowest BCUT2D eigenvalue weighted by Gasteiger charge is -2.07. The first kappa shape index (κ1) is 8.49. The van der Waals surface area contributed by atoms with Crippen molar-refractivity contribution in [2.45, 2.75) is 26.2 Å². The van der Waals surface area contributed by atoms with Gasteiger partial charge in [-0.05, 0) is 53.7 Å². The molecular formula is C12H13F. The first-order valence-corrected chi connectivity index (χ1v) is 4.72. The summed E-state index contributed by atoms with van der Waals surface area (Å²) in [6.45, 7) is 6.07. The van der Waals surface area contributed by atoms with E-state index in [2.05, 4.69) is 13.5 Å². The van der Waals surface area contributed by atoms with Gasteiger partial charge in [-0.2, -0.15) is 0 Å². The molecule has 0 saturated carbocycles. The van der Waals surface area contributed by atoms with Crippen LogP contribution in [0.25, 0.3) is 5.57 Å². The van der Waals surface area contributed by atoms with E-state index in [1.165, 1.54) is 11.1 Å². The summed E-state index contributed by atoms with van der Waals surface area (Å²) in [5.41, 5.74) is 4.65. The molecule has 0 nitrogen and oxygen atoms in total. The highest BCUT2D eigenvalue weighted by molar-refractivity contribution is 5.73. The molecule has 0 bridgehead atoms. The lowest BCUT2D eigenvalue weighted by Crippen LogP contribution is -1.92. The monoisotopic (exact) mass is 176 g/mol. The van der Waals surface area contributed by atoms with E-state index in [-0.39, 0.29) is 5.82 Å². The normalized spacial score (nSPS) is 14.8. The summed E-state index contributed by atoms with van der Waals surface area (Å²) in [6, 6.07) is 3.28. The molecule has 2 rings (SSSR count). The maximum Gasteiger partial charge on any atom is 0.123 e. The Labute approximate surface area is 78.1 Å². The maximum atomic E-state index is 13.1. The van der Waals surface area contributed by atoms with Gasteiger partial charge in [0, 0.05) is 0 Å². The van der Waals surface area contributed by atoms with E-state index < -0.39 is 0 Å². The van der Waals surface area contributed by atoms with E-state index in [0.29, 0.717) is 0 Å². The van der Waals surface area contributed by atoms with Crippen LogP contribution in [-0.2, 0) is 12.8 Å². The van der Waals surface area contributed by atoms with Gasteiger partial charge >= 0.3 is 0 Å². The molecule has 0 fully saturated rings. The highest BCUT2D eigenvalue weighted by Crippen LogP contribution is 2.34. The highest BCUT2D eigenvalue weighted by atomic mass is 19.1. The lowest BCUT2D eigenvalue weighted by molar-refractivity contribution is 0.623. The van der Waals surface area contributed by atoms with E-state index >= 15 is 0 Å². The van der Waals surface area contributed by atoms with Gasteiger partial charge < -0.3 is 0 Å². The van der Waals surface area contributed by atoms with Gasteiger partial charge in [-0.1, -0.05) is 13.5 Å². The fraction of sp³-hybridized carbons (Fsp3) is 0.333. The van der Waals surface area contributed by atoms with Gasteiger partial charge in [0.25, 0.3) is 0 Å². The van der Waals surface area contributed by atoms with Crippen LogP contribution in [-0.4, -0.2) is 0 Å². The summed E-state index contributed by atoms with van der Waals surface area (Å²) in [5, 5.41) is 0. The second-order valence-electron chi connectivity index (χ2n) is 3.56. The number of fused-ring (bicyclic) bond motifs is 1. The third-order valence-electron chi connectivity index (χ3n) is 2.70. The third kappa shape index (κ3) is 1.28. The number of halogens is 1. The molecule has 68 valence electrons. The highest BCUT2D eigenvalue weighted by Gasteiger charge is 2.18. The summed E-state index contributed by atoms with van der Waals surface area (Å²) in [4.78, 5) is 0. The Hall–Kier alpha value is -1.11. The van der Waals surface area contributed by atoms with Crippen molar-refractivity contribution in [3.05, 3.63) is 41.2 Å². The molecule has 1 aromatic carbocycles. The Bertz CT molecular complexity index is 364. The zero-order valence-corrected chi connectivity index (χ0v) is 7.86. The summed E-state index contributed by atoms with van der Waals surface area (Å²) in [5.74, 6) is -0.106.